The maximum absolute atomic E-state index is 12.4. The van der Waals surface area contributed by atoms with E-state index in [9.17, 15) is 4.79 Å². The van der Waals surface area contributed by atoms with E-state index in [2.05, 4.69) is 12.1 Å². The van der Waals surface area contributed by atoms with Crippen LogP contribution < -0.4 is 10.4 Å². The zero-order valence-corrected chi connectivity index (χ0v) is 12.6. The fourth-order valence-electron chi connectivity index (χ4n) is 3.80. The molecule has 1 aliphatic heterocycles. The van der Waals surface area contributed by atoms with E-state index in [1.807, 2.05) is 42.5 Å². The first-order valence-electron chi connectivity index (χ1n) is 8.07. The van der Waals surface area contributed by atoms with Gasteiger partial charge in [-0.15, -0.1) is 0 Å². The van der Waals surface area contributed by atoms with E-state index in [0.717, 1.165) is 23.8 Å². The Bertz CT molecular complexity index is 954. The molecule has 1 aliphatic carbocycles. The number of para-hydroxylation sites is 1. The standard InChI is InChI=1S/C20H16O3/c21-19-16-12-20(14-10-11-14,13-6-2-1-3-7-13)23-18(16)15-8-4-5-9-17(15)22-19/h1-9,14H,10-12H2. The van der Waals surface area contributed by atoms with E-state index in [-0.39, 0.29) is 5.63 Å². The molecule has 23 heavy (non-hydrogen) atoms. The van der Waals surface area contributed by atoms with Crippen molar-refractivity contribution in [3.63, 3.8) is 0 Å². The van der Waals surface area contributed by atoms with Crippen molar-refractivity contribution >= 4 is 11.0 Å². The number of hydrogen-bond acceptors (Lipinski definition) is 3. The van der Waals surface area contributed by atoms with Crippen LogP contribution in [0.4, 0.5) is 0 Å². The van der Waals surface area contributed by atoms with Crippen LogP contribution in [0, 0.1) is 5.92 Å². The van der Waals surface area contributed by atoms with Crippen LogP contribution in [0.3, 0.4) is 0 Å². The molecule has 0 bridgehead atoms. The predicted molar refractivity (Wildman–Crippen MR) is 87.7 cm³/mol. The first-order chi connectivity index (χ1) is 11.3. The van der Waals surface area contributed by atoms with Crippen LogP contribution in [-0.4, -0.2) is 0 Å². The maximum atomic E-state index is 12.4. The zero-order chi connectivity index (χ0) is 15.4. The predicted octanol–water partition coefficient (Wildman–Crippen LogP) is 4.03. The van der Waals surface area contributed by atoms with Gasteiger partial charge in [-0.05, 0) is 30.5 Å². The maximum Gasteiger partial charge on any atom is 0.343 e. The van der Waals surface area contributed by atoms with Crippen LogP contribution in [0.1, 0.15) is 24.0 Å². The van der Waals surface area contributed by atoms with Crippen LogP contribution in [-0.2, 0) is 12.0 Å². The molecule has 114 valence electrons. The van der Waals surface area contributed by atoms with Gasteiger partial charge >= 0.3 is 5.63 Å². The quantitative estimate of drug-likeness (QED) is 0.671. The summed E-state index contributed by atoms with van der Waals surface area (Å²) in [6, 6.07) is 17.9. The van der Waals surface area contributed by atoms with Gasteiger partial charge in [-0.25, -0.2) is 4.79 Å². The third kappa shape index (κ3) is 1.79. The molecular formula is C20H16O3. The Morgan fingerprint density at radius 2 is 1.70 bits per heavy atom. The Morgan fingerprint density at radius 3 is 2.48 bits per heavy atom. The Morgan fingerprint density at radius 1 is 0.957 bits per heavy atom. The molecule has 0 spiro atoms. The van der Waals surface area contributed by atoms with Crippen molar-refractivity contribution in [2.45, 2.75) is 24.9 Å². The van der Waals surface area contributed by atoms with E-state index in [4.69, 9.17) is 9.15 Å². The SMILES string of the molecule is O=c1oc2ccccc2c2c1CC(c1ccccc1)(C1CC1)O2. The molecule has 5 rings (SSSR count). The highest BCUT2D eigenvalue weighted by Crippen LogP contribution is 2.55. The van der Waals surface area contributed by atoms with Crippen LogP contribution in [0.5, 0.6) is 5.75 Å². The molecule has 3 aromatic rings. The summed E-state index contributed by atoms with van der Waals surface area (Å²) in [6.07, 6.45) is 2.89. The molecule has 0 radical (unpaired) electrons. The molecule has 2 aromatic carbocycles. The van der Waals surface area contributed by atoms with Gasteiger partial charge in [0.05, 0.1) is 10.9 Å². The normalized spacial score (nSPS) is 22.8. The van der Waals surface area contributed by atoms with Crippen molar-refractivity contribution in [1.29, 1.82) is 0 Å². The number of benzene rings is 2. The Labute approximate surface area is 133 Å². The Hall–Kier alpha value is -2.55. The third-order valence-corrected chi connectivity index (χ3v) is 5.08. The minimum absolute atomic E-state index is 0.267. The largest absolute Gasteiger partial charge is 0.481 e. The first-order valence-corrected chi connectivity index (χ1v) is 8.07. The molecule has 0 amide bonds. The molecule has 2 heterocycles. The molecular weight excluding hydrogens is 288 g/mol. The van der Waals surface area contributed by atoms with E-state index in [1.165, 1.54) is 0 Å². The van der Waals surface area contributed by atoms with Crippen molar-refractivity contribution in [1.82, 2.24) is 0 Å². The van der Waals surface area contributed by atoms with Crippen LogP contribution >= 0.6 is 0 Å². The van der Waals surface area contributed by atoms with E-state index < -0.39 is 5.60 Å². The lowest BCUT2D eigenvalue weighted by Crippen LogP contribution is -2.34. The highest BCUT2D eigenvalue weighted by Gasteiger charge is 2.53. The fraction of sp³-hybridized carbons (Fsp3) is 0.250. The van der Waals surface area contributed by atoms with Crippen LogP contribution in [0.15, 0.2) is 63.8 Å². The summed E-state index contributed by atoms with van der Waals surface area (Å²) in [6.45, 7) is 0. The van der Waals surface area contributed by atoms with Gasteiger partial charge in [-0.1, -0.05) is 42.5 Å². The van der Waals surface area contributed by atoms with Gasteiger partial charge in [0.25, 0.3) is 0 Å². The van der Waals surface area contributed by atoms with Gasteiger partial charge in [0.15, 0.2) is 0 Å². The van der Waals surface area contributed by atoms with Gasteiger partial charge in [0.2, 0.25) is 0 Å². The van der Waals surface area contributed by atoms with E-state index in [0.29, 0.717) is 29.2 Å². The van der Waals surface area contributed by atoms with E-state index in [1.54, 1.807) is 0 Å². The fourth-order valence-corrected chi connectivity index (χ4v) is 3.80. The lowest BCUT2D eigenvalue weighted by molar-refractivity contribution is 0.0687. The van der Waals surface area contributed by atoms with Gasteiger partial charge in [-0.2, -0.15) is 0 Å². The number of fused-ring (bicyclic) bond motifs is 3. The minimum Gasteiger partial charge on any atom is -0.481 e. The second-order valence-electron chi connectivity index (χ2n) is 6.50. The topological polar surface area (TPSA) is 39.4 Å². The van der Waals surface area contributed by atoms with Crippen molar-refractivity contribution in [2.24, 2.45) is 5.92 Å². The van der Waals surface area contributed by atoms with Crippen molar-refractivity contribution in [3.05, 3.63) is 76.1 Å². The number of hydrogen-bond donors (Lipinski definition) is 0. The van der Waals surface area contributed by atoms with Gasteiger partial charge < -0.3 is 9.15 Å². The second-order valence-corrected chi connectivity index (χ2v) is 6.50. The Balaban J connectivity index is 1.75. The summed E-state index contributed by atoms with van der Waals surface area (Å²) in [4.78, 5) is 12.4. The Kier molecular flexibility index (Phi) is 2.52. The molecule has 2 aliphatic rings. The molecule has 1 aromatic heterocycles. The summed E-state index contributed by atoms with van der Waals surface area (Å²) in [5.41, 5.74) is 1.75. The van der Waals surface area contributed by atoms with E-state index >= 15 is 0 Å². The summed E-state index contributed by atoms with van der Waals surface area (Å²) >= 11 is 0. The average Bonchev–Trinajstić information content (AvgIpc) is 3.36. The average molecular weight is 304 g/mol. The highest BCUT2D eigenvalue weighted by molar-refractivity contribution is 5.85. The summed E-state index contributed by atoms with van der Waals surface area (Å²) < 4.78 is 12.0. The van der Waals surface area contributed by atoms with Crippen molar-refractivity contribution in [3.8, 4) is 5.75 Å². The molecule has 1 fully saturated rings. The molecule has 1 atom stereocenters. The van der Waals surface area contributed by atoms with Crippen LogP contribution in [0.25, 0.3) is 11.0 Å². The van der Waals surface area contributed by atoms with Crippen molar-refractivity contribution < 1.29 is 9.15 Å². The second kappa shape index (κ2) is 4.48. The third-order valence-electron chi connectivity index (χ3n) is 5.08. The number of ether oxygens (including phenoxy) is 1. The molecule has 1 unspecified atom stereocenters. The van der Waals surface area contributed by atoms with Crippen molar-refractivity contribution in [2.75, 3.05) is 0 Å². The first kappa shape index (κ1) is 12.9. The number of rotatable bonds is 2. The minimum atomic E-state index is -0.414. The zero-order valence-electron chi connectivity index (χ0n) is 12.6. The molecule has 0 N–H and O–H groups in total. The lowest BCUT2D eigenvalue weighted by atomic mass is 9.85. The smallest absolute Gasteiger partial charge is 0.343 e. The van der Waals surface area contributed by atoms with Gasteiger partial charge in [0, 0.05) is 12.3 Å². The summed E-state index contributed by atoms with van der Waals surface area (Å²) in [7, 11) is 0. The van der Waals surface area contributed by atoms with Crippen LogP contribution in [0.2, 0.25) is 0 Å². The molecule has 0 saturated heterocycles. The molecule has 3 nitrogen and oxygen atoms in total. The molecule has 1 saturated carbocycles. The van der Waals surface area contributed by atoms with Gasteiger partial charge in [-0.3, -0.25) is 0 Å². The highest BCUT2D eigenvalue weighted by atomic mass is 16.5. The molecule has 3 heteroatoms. The summed E-state index contributed by atoms with van der Waals surface area (Å²) in [5, 5.41) is 0.889. The lowest BCUT2D eigenvalue weighted by Gasteiger charge is -2.29. The van der Waals surface area contributed by atoms with Gasteiger partial charge in [0.1, 0.15) is 16.9 Å². The monoisotopic (exact) mass is 304 g/mol. The summed E-state index contributed by atoms with van der Waals surface area (Å²) in [5.74, 6) is 1.18.